The molecule has 2 aromatic rings. The lowest BCUT2D eigenvalue weighted by molar-refractivity contribution is 0.339. The standard InChI is InChI=1S/C22H31N3O3/c1-5-23-22(25-16(2)11-12-17-9-7-6-8-10-17)24-15-18-13-19(27-3)21(26)20(14-18)28-4/h6-10,13-14,16,26H,5,11-12,15H2,1-4H3,(H2,23,24,25). The first-order valence-electron chi connectivity index (χ1n) is 9.60. The molecule has 0 aliphatic carbocycles. The van der Waals surface area contributed by atoms with Gasteiger partial charge in [0, 0.05) is 12.6 Å². The van der Waals surface area contributed by atoms with Crippen molar-refractivity contribution >= 4 is 5.96 Å². The Labute approximate surface area is 167 Å². The summed E-state index contributed by atoms with van der Waals surface area (Å²) in [4.78, 5) is 4.66. The summed E-state index contributed by atoms with van der Waals surface area (Å²) in [5, 5.41) is 16.8. The van der Waals surface area contributed by atoms with E-state index in [1.54, 1.807) is 12.1 Å². The second kappa shape index (κ2) is 11.1. The number of phenols is 1. The number of benzene rings is 2. The minimum absolute atomic E-state index is 0.00250. The molecule has 0 amide bonds. The van der Waals surface area contributed by atoms with Crippen molar-refractivity contribution in [2.75, 3.05) is 20.8 Å². The van der Waals surface area contributed by atoms with Crippen molar-refractivity contribution in [3.8, 4) is 17.2 Å². The van der Waals surface area contributed by atoms with Crippen molar-refractivity contribution in [1.29, 1.82) is 0 Å². The number of hydrogen-bond donors (Lipinski definition) is 3. The van der Waals surface area contributed by atoms with Gasteiger partial charge in [-0.3, -0.25) is 0 Å². The number of guanidine groups is 1. The van der Waals surface area contributed by atoms with Crippen LogP contribution in [0.1, 0.15) is 31.4 Å². The number of aromatic hydroxyl groups is 1. The van der Waals surface area contributed by atoms with E-state index in [1.807, 2.05) is 13.0 Å². The summed E-state index contributed by atoms with van der Waals surface area (Å²) in [5.41, 5.74) is 2.22. The Hall–Kier alpha value is -2.89. The number of methoxy groups -OCH3 is 2. The van der Waals surface area contributed by atoms with Gasteiger partial charge in [0.05, 0.1) is 20.8 Å². The molecule has 2 aromatic carbocycles. The predicted molar refractivity (Wildman–Crippen MR) is 113 cm³/mol. The molecule has 3 N–H and O–H groups in total. The molecule has 2 rings (SSSR count). The maximum Gasteiger partial charge on any atom is 0.200 e. The van der Waals surface area contributed by atoms with Crippen LogP contribution < -0.4 is 20.1 Å². The van der Waals surface area contributed by atoms with Gasteiger partial charge >= 0.3 is 0 Å². The largest absolute Gasteiger partial charge is 0.502 e. The topological polar surface area (TPSA) is 75.1 Å². The van der Waals surface area contributed by atoms with E-state index in [1.165, 1.54) is 19.8 Å². The lowest BCUT2D eigenvalue weighted by Crippen LogP contribution is -2.42. The summed E-state index contributed by atoms with van der Waals surface area (Å²) in [5.74, 6) is 1.50. The van der Waals surface area contributed by atoms with Crippen LogP contribution in [-0.2, 0) is 13.0 Å². The first-order chi connectivity index (χ1) is 13.6. The summed E-state index contributed by atoms with van der Waals surface area (Å²) in [6.45, 7) is 5.41. The summed E-state index contributed by atoms with van der Waals surface area (Å²) in [6, 6.07) is 14.3. The minimum Gasteiger partial charge on any atom is -0.502 e. The molecule has 1 unspecified atom stereocenters. The van der Waals surface area contributed by atoms with Gasteiger partial charge in [-0.2, -0.15) is 0 Å². The molecule has 0 fully saturated rings. The fourth-order valence-corrected chi connectivity index (χ4v) is 2.86. The third kappa shape index (κ3) is 6.37. The molecule has 0 bridgehead atoms. The van der Waals surface area contributed by atoms with Crippen molar-refractivity contribution in [3.05, 3.63) is 53.6 Å². The first-order valence-corrected chi connectivity index (χ1v) is 9.60. The summed E-state index contributed by atoms with van der Waals surface area (Å²) in [7, 11) is 3.03. The number of hydrogen-bond acceptors (Lipinski definition) is 4. The highest BCUT2D eigenvalue weighted by atomic mass is 16.5. The van der Waals surface area contributed by atoms with Crippen molar-refractivity contribution in [1.82, 2.24) is 10.6 Å². The minimum atomic E-state index is -0.00250. The van der Waals surface area contributed by atoms with Crippen LogP contribution in [0.25, 0.3) is 0 Å². The van der Waals surface area contributed by atoms with E-state index in [-0.39, 0.29) is 11.8 Å². The maximum atomic E-state index is 10.0. The third-order valence-corrected chi connectivity index (χ3v) is 4.40. The second-order valence-electron chi connectivity index (χ2n) is 6.61. The molecule has 152 valence electrons. The Morgan fingerprint density at radius 2 is 1.71 bits per heavy atom. The highest BCUT2D eigenvalue weighted by molar-refractivity contribution is 5.80. The van der Waals surface area contributed by atoms with Crippen LogP contribution in [0.3, 0.4) is 0 Å². The van der Waals surface area contributed by atoms with Crippen LogP contribution in [0.15, 0.2) is 47.5 Å². The average Bonchev–Trinajstić information content (AvgIpc) is 2.72. The Kier molecular flexibility index (Phi) is 8.46. The van der Waals surface area contributed by atoms with E-state index in [0.29, 0.717) is 18.0 Å². The molecule has 6 heteroatoms. The monoisotopic (exact) mass is 385 g/mol. The van der Waals surface area contributed by atoms with Crippen LogP contribution in [0.4, 0.5) is 0 Å². The molecule has 28 heavy (non-hydrogen) atoms. The second-order valence-corrected chi connectivity index (χ2v) is 6.61. The quantitative estimate of drug-likeness (QED) is 0.455. The molecule has 0 aromatic heterocycles. The zero-order valence-electron chi connectivity index (χ0n) is 17.2. The van der Waals surface area contributed by atoms with E-state index in [0.717, 1.165) is 30.9 Å². The van der Waals surface area contributed by atoms with Gasteiger partial charge in [0.1, 0.15) is 0 Å². The van der Waals surface area contributed by atoms with Gasteiger partial charge in [0.15, 0.2) is 17.5 Å². The Balaban J connectivity index is 2.01. The summed E-state index contributed by atoms with van der Waals surface area (Å²) < 4.78 is 10.4. The maximum absolute atomic E-state index is 10.0. The number of aryl methyl sites for hydroxylation is 1. The van der Waals surface area contributed by atoms with Crippen molar-refractivity contribution < 1.29 is 14.6 Å². The zero-order valence-corrected chi connectivity index (χ0v) is 17.2. The molecule has 0 saturated heterocycles. The highest BCUT2D eigenvalue weighted by Gasteiger charge is 2.11. The lowest BCUT2D eigenvalue weighted by atomic mass is 10.1. The molecule has 1 atom stereocenters. The van der Waals surface area contributed by atoms with Gasteiger partial charge in [-0.25, -0.2) is 4.99 Å². The molecule has 0 aliphatic rings. The first kappa shape index (κ1) is 21.4. The van der Waals surface area contributed by atoms with E-state index < -0.39 is 0 Å². The molecule has 0 spiro atoms. The summed E-state index contributed by atoms with van der Waals surface area (Å²) >= 11 is 0. The molecular formula is C22H31N3O3. The van der Waals surface area contributed by atoms with E-state index in [4.69, 9.17) is 9.47 Å². The molecule has 6 nitrogen and oxygen atoms in total. The van der Waals surface area contributed by atoms with Gasteiger partial charge in [-0.15, -0.1) is 0 Å². The van der Waals surface area contributed by atoms with E-state index in [2.05, 4.69) is 46.8 Å². The fraction of sp³-hybridized carbons (Fsp3) is 0.409. The van der Waals surface area contributed by atoms with Gasteiger partial charge in [-0.1, -0.05) is 30.3 Å². The van der Waals surface area contributed by atoms with Gasteiger partial charge < -0.3 is 25.2 Å². The molecule has 0 saturated carbocycles. The Bertz CT molecular complexity index is 738. The van der Waals surface area contributed by atoms with Crippen LogP contribution in [-0.4, -0.2) is 37.9 Å². The van der Waals surface area contributed by atoms with E-state index in [9.17, 15) is 5.11 Å². The van der Waals surface area contributed by atoms with Crippen molar-refractivity contribution in [2.45, 2.75) is 39.3 Å². The molecule has 0 heterocycles. The highest BCUT2D eigenvalue weighted by Crippen LogP contribution is 2.37. The SMILES string of the molecule is CCNC(=NCc1cc(OC)c(O)c(OC)c1)NC(C)CCc1ccccc1. The predicted octanol–water partition coefficient (Wildman–Crippen LogP) is 3.49. The van der Waals surface area contributed by atoms with Gasteiger partial charge in [0.2, 0.25) is 5.75 Å². The van der Waals surface area contributed by atoms with Crippen LogP contribution in [0, 0.1) is 0 Å². The van der Waals surface area contributed by atoms with Crippen molar-refractivity contribution in [2.24, 2.45) is 4.99 Å². The number of phenolic OH excluding ortho intramolecular Hbond substituents is 1. The molecule has 0 radical (unpaired) electrons. The third-order valence-electron chi connectivity index (χ3n) is 4.40. The molecular weight excluding hydrogens is 354 g/mol. The lowest BCUT2D eigenvalue weighted by Gasteiger charge is -2.18. The zero-order chi connectivity index (χ0) is 20.4. The number of rotatable bonds is 9. The summed E-state index contributed by atoms with van der Waals surface area (Å²) in [6.07, 6.45) is 2.02. The van der Waals surface area contributed by atoms with Crippen LogP contribution >= 0.6 is 0 Å². The average molecular weight is 386 g/mol. The number of ether oxygens (including phenoxy) is 2. The normalized spacial score (nSPS) is 12.4. The fourth-order valence-electron chi connectivity index (χ4n) is 2.86. The number of nitrogens with zero attached hydrogens (tertiary/aromatic N) is 1. The van der Waals surface area contributed by atoms with Gasteiger partial charge in [0.25, 0.3) is 0 Å². The van der Waals surface area contributed by atoms with E-state index >= 15 is 0 Å². The molecule has 0 aliphatic heterocycles. The number of nitrogens with one attached hydrogen (secondary N) is 2. The Morgan fingerprint density at radius 1 is 1.07 bits per heavy atom. The van der Waals surface area contributed by atoms with Crippen LogP contribution in [0.2, 0.25) is 0 Å². The Morgan fingerprint density at radius 3 is 2.29 bits per heavy atom. The van der Waals surface area contributed by atoms with Gasteiger partial charge in [-0.05, 0) is 49.9 Å². The van der Waals surface area contributed by atoms with Crippen molar-refractivity contribution in [3.63, 3.8) is 0 Å². The van der Waals surface area contributed by atoms with Crippen LogP contribution in [0.5, 0.6) is 17.2 Å². The smallest absolute Gasteiger partial charge is 0.200 e. The number of aliphatic imine (C=N–C) groups is 1.